The van der Waals surface area contributed by atoms with Crippen molar-refractivity contribution in [2.24, 2.45) is 5.41 Å². The van der Waals surface area contributed by atoms with E-state index < -0.39 is 5.79 Å². The van der Waals surface area contributed by atoms with Crippen molar-refractivity contribution < 1.29 is 19.0 Å². The summed E-state index contributed by atoms with van der Waals surface area (Å²) in [5, 5.41) is 0. The molecule has 2 saturated heterocycles. The second-order valence-corrected chi connectivity index (χ2v) is 6.76. The molecule has 0 N–H and O–H groups in total. The molecule has 1 aromatic rings. The Morgan fingerprint density at radius 3 is 2.59 bits per heavy atom. The quantitative estimate of drug-likeness (QED) is 0.855. The number of ether oxygens (including phenoxy) is 3. The molecule has 120 valence electrons. The van der Waals surface area contributed by atoms with E-state index in [4.69, 9.17) is 14.2 Å². The maximum absolute atomic E-state index is 12.4. The van der Waals surface area contributed by atoms with Gasteiger partial charge in [0.15, 0.2) is 5.79 Å². The molecule has 0 unspecified atom stereocenters. The molecule has 5 nitrogen and oxygen atoms in total. The van der Waals surface area contributed by atoms with E-state index in [1.807, 2.05) is 43.0 Å². The molecule has 0 radical (unpaired) electrons. The van der Waals surface area contributed by atoms with Crippen LogP contribution in [0, 0.1) is 5.41 Å². The van der Waals surface area contributed by atoms with Gasteiger partial charge in [0.1, 0.15) is 5.75 Å². The number of carbonyl (C=O) groups is 1. The molecule has 2 aliphatic heterocycles. The standard InChI is InChI=1S/C17H23NO4/c1-16(2)21-11-17(12-22-16)9-18(10-17)15(19)8-13-5-4-6-14(7-13)20-3/h4-7H,8-12H2,1-3H3. The number of amides is 1. The van der Waals surface area contributed by atoms with Crippen LogP contribution >= 0.6 is 0 Å². The number of nitrogens with zero attached hydrogens (tertiary/aromatic N) is 1. The van der Waals surface area contributed by atoms with Gasteiger partial charge in [-0.15, -0.1) is 0 Å². The second kappa shape index (κ2) is 5.56. The van der Waals surface area contributed by atoms with E-state index in [-0.39, 0.29) is 11.3 Å². The summed E-state index contributed by atoms with van der Waals surface area (Å²) < 4.78 is 16.6. The Morgan fingerprint density at radius 1 is 1.27 bits per heavy atom. The molecular formula is C17H23NO4. The van der Waals surface area contributed by atoms with Crippen LogP contribution in [0.4, 0.5) is 0 Å². The van der Waals surface area contributed by atoms with Crippen molar-refractivity contribution >= 4 is 5.91 Å². The molecule has 22 heavy (non-hydrogen) atoms. The van der Waals surface area contributed by atoms with Gasteiger partial charge >= 0.3 is 0 Å². The summed E-state index contributed by atoms with van der Waals surface area (Å²) in [4.78, 5) is 14.2. The fraction of sp³-hybridized carbons (Fsp3) is 0.588. The van der Waals surface area contributed by atoms with Crippen LogP contribution in [0.25, 0.3) is 0 Å². The van der Waals surface area contributed by atoms with E-state index in [9.17, 15) is 4.79 Å². The Balaban J connectivity index is 1.53. The molecule has 2 fully saturated rings. The first kappa shape index (κ1) is 15.3. The van der Waals surface area contributed by atoms with Gasteiger partial charge in [-0.25, -0.2) is 0 Å². The number of rotatable bonds is 3. The van der Waals surface area contributed by atoms with Crippen LogP contribution in [0.1, 0.15) is 19.4 Å². The number of carbonyl (C=O) groups excluding carboxylic acids is 1. The monoisotopic (exact) mass is 305 g/mol. The maximum atomic E-state index is 12.4. The number of hydrogen-bond acceptors (Lipinski definition) is 4. The summed E-state index contributed by atoms with van der Waals surface area (Å²) >= 11 is 0. The highest BCUT2D eigenvalue weighted by atomic mass is 16.7. The molecule has 0 bridgehead atoms. The summed E-state index contributed by atoms with van der Waals surface area (Å²) in [6.07, 6.45) is 0.403. The molecule has 5 heteroatoms. The summed E-state index contributed by atoms with van der Waals surface area (Å²) in [5.41, 5.74) is 0.960. The Hall–Kier alpha value is -1.59. The summed E-state index contributed by atoms with van der Waals surface area (Å²) in [7, 11) is 1.63. The van der Waals surface area contributed by atoms with E-state index in [1.54, 1.807) is 7.11 Å². The first-order valence-corrected chi connectivity index (χ1v) is 7.60. The van der Waals surface area contributed by atoms with Gasteiger partial charge < -0.3 is 19.1 Å². The van der Waals surface area contributed by atoms with Crippen molar-refractivity contribution in [1.82, 2.24) is 4.90 Å². The molecule has 0 aromatic heterocycles. The predicted octanol–water partition coefficient (Wildman–Crippen LogP) is 1.85. The van der Waals surface area contributed by atoms with E-state index in [2.05, 4.69) is 0 Å². The van der Waals surface area contributed by atoms with Gasteiger partial charge in [-0.3, -0.25) is 4.79 Å². The highest BCUT2D eigenvalue weighted by Gasteiger charge is 2.49. The third-order valence-electron chi connectivity index (χ3n) is 4.35. The zero-order valence-corrected chi connectivity index (χ0v) is 13.4. The lowest BCUT2D eigenvalue weighted by molar-refractivity contribution is -0.302. The number of methoxy groups -OCH3 is 1. The zero-order valence-electron chi connectivity index (χ0n) is 13.4. The van der Waals surface area contributed by atoms with Gasteiger partial charge in [0, 0.05) is 13.1 Å². The summed E-state index contributed by atoms with van der Waals surface area (Å²) in [6.45, 7) is 6.58. The molecule has 0 aliphatic carbocycles. The Kier molecular flexibility index (Phi) is 3.87. The van der Waals surface area contributed by atoms with Gasteiger partial charge in [-0.1, -0.05) is 12.1 Å². The third kappa shape index (κ3) is 3.10. The molecule has 0 atom stereocenters. The lowest BCUT2D eigenvalue weighted by Gasteiger charge is -2.54. The molecule has 1 amide bonds. The summed E-state index contributed by atoms with van der Waals surface area (Å²) in [5.74, 6) is 0.418. The molecule has 1 aromatic carbocycles. The Bertz CT molecular complexity index is 552. The average Bonchev–Trinajstić information content (AvgIpc) is 2.45. The third-order valence-corrected chi connectivity index (χ3v) is 4.35. The Labute approximate surface area is 131 Å². The van der Waals surface area contributed by atoms with Gasteiger partial charge in [0.05, 0.1) is 32.2 Å². The van der Waals surface area contributed by atoms with Crippen molar-refractivity contribution in [3.8, 4) is 5.75 Å². The minimum absolute atomic E-state index is 0.0143. The van der Waals surface area contributed by atoms with Gasteiger partial charge in [-0.2, -0.15) is 0 Å². The largest absolute Gasteiger partial charge is 0.497 e. The SMILES string of the molecule is COc1cccc(CC(=O)N2CC3(COC(C)(C)OC3)C2)c1. The fourth-order valence-electron chi connectivity index (χ4n) is 2.93. The van der Waals surface area contributed by atoms with Crippen molar-refractivity contribution in [2.45, 2.75) is 26.1 Å². The van der Waals surface area contributed by atoms with Crippen LogP contribution in [0.3, 0.4) is 0 Å². The highest BCUT2D eigenvalue weighted by molar-refractivity contribution is 5.79. The molecule has 2 heterocycles. The van der Waals surface area contributed by atoms with Crippen molar-refractivity contribution in [3.63, 3.8) is 0 Å². The number of benzene rings is 1. The van der Waals surface area contributed by atoms with Gasteiger partial charge in [0.2, 0.25) is 5.91 Å². The molecule has 3 rings (SSSR count). The first-order valence-electron chi connectivity index (χ1n) is 7.60. The van der Waals surface area contributed by atoms with Crippen LogP contribution in [0.15, 0.2) is 24.3 Å². The average molecular weight is 305 g/mol. The van der Waals surface area contributed by atoms with Gasteiger partial charge in [0.25, 0.3) is 0 Å². The highest BCUT2D eigenvalue weighted by Crippen LogP contribution is 2.37. The fourth-order valence-corrected chi connectivity index (χ4v) is 2.93. The molecule has 2 aliphatic rings. The maximum Gasteiger partial charge on any atom is 0.227 e. The minimum atomic E-state index is -0.504. The Morgan fingerprint density at radius 2 is 1.95 bits per heavy atom. The van der Waals surface area contributed by atoms with Crippen LogP contribution in [0.2, 0.25) is 0 Å². The molecular weight excluding hydrogens is 282 g/mol. The van der Waals surface area contributed by atoms with Crippen molar-refractivity contribution in [1.29, 1.82) is 0 Å². The zero-order chi connectivity index (χ0) is 15.8. The number of hydrogen-bond donors (Lipinski definition) is 0. The smallest absolute Gasteiger partial charge is 0.227 e. The number of likely N-dealkylation sites (tertiary alicyclic amines) is 1. The van der Waals surface area contributed by atoms with Crippen LogP contribution in [0.5, 0.6) is 5.75 Å². The predicted molar refractivity (Wildman–Crippen MR) is 81.7 cm³/mol. The first-order chi connectivity index (χ1) is 10.4. The molecule has 1 spiro atoms. The van der Waals surface area contributed by atoms with Crippen molar-refractivity contribution in [3.05, 3.63) is 29.8 Å². The lowest BCUT2D eigenvalue weighted by Crippen LogP contribution is -2.66. The van der Waals surface area contributed by atoms with E-state index in [0.29, 0.717) is 32.7 Å². The van der Waals surface area contributed by atoms with Crippen LogP contribution in [-0.2, 0) is 20.7 Å². The normalized spacial score (nSPS) is 22.2. The van der Waals surface area contributed by atoms with Crippen LogP contribution < -0.4 is 4.74 Å². The summed E-state index contributed by atoms with van der Waals surface area (Å²) in [6, 6.07) is 7.64. The van der Waals surface area contributed by atoms with E-state index in [0.717, 1.165) is 11.3 Å². The van der Waals surface area contributed by atoms with Crippen LogP contribution in [-0.4, -0.2) is 50.0 Å². The topological polar surface area (TPSA) is 48.0 Å². The lowest BCUT2D eigenvalue weighted by atomic mass is 9.80. The molecule has 0 saturated carbocycles. The van der Waals surface area contributed by atoms with E-state index in [1.165, 1.54) is 0 Å². The van der Waals surface area contributed by atoms with E-state index >= 15 is 0 Å². The van der Waals surface area contributed by atoms with Crippen molar-refractivity contribution in [2.75, 3.05) is 33.4 Å². The minimum Gasteiger partial charge on any atom is -0.497 e. The van der Waals surface area contributed by atoms with Gasteiger partial charge in [-0.05, 0) is 31.5 Å². The second-order valence-electron chi connectivity index (χ2n) is 6.76.